The first-order valence-electron chi connectivity index (χ1n) is 32.9. The summed E-state index contributed by atoms with van der Waals surface area (Å²) in [6, 6.07) is -0.540. The Balaban J connectivity index is 3.36. The second-order valence-corrected chi connectivity index (χ2v) is 22.8. The van der Waals surface area contributed by atoms with Gasteiger partial charge in [-0.2, -0.15) is 0 Å². The number of carbonyl (C=O) groups is 2. The zero-order valence-electron chi connectivity index (χ0n) is 48.9. The second kappa shape index (κ2) is 62.1. The van der Waals surface area contributed by atoms with Crippen LogP contribution in [0.2, 0.25) is 0 Å². The van der Waals surface area contributed by atoms with Gasteiger partial charge in [0.25, 0.3) is 0 Å². The zero-order valence-corrected chi connectivity index (χ0v) is 48.9. The summed E-state index contributed by atoms with van der Waals surface area (Å²) in [5.41, 5.74) is 0. The van der Waals surface area contributed by atoms with Gasteiger partial charge < -0.3 is 20.3 Å². The SMILES string of the molecule is CCCCCCCCCCCCCCCCCC(O)C(CO)NC(=O)CCCCCCCCCCCCCCC/C=C\CCCCCCCCCCCCCCOC(=O)CCCCCCCCCCCCC. The van der Waals surface area contributed by atoms with Gasteiger partial charge >= 0.3 is 5.97 Å². The van der Waals surface area contributed by atoms with Crippen LogP contribution in [0.1, 0.15) is 373 Å². The van der Waals surface area contributed by atoms with E-state index in [9.17, 15) is 19.8 Å². The molecular formula is C66H129NO5. The third kappa shape index (κ3) is 57.9. The van der Waals surface area contributed by atoms with Crippen LogP contribution in [0.15, 0.2) is 12.2 Å². The Morgan fingerprint density at radius 2 is 0.653 bits per heavy atom. The highest BCUT2D eigenvalue weighted by Crippen LogP contribution is 2.18. The Bertz CT molecular complexity index is 1080. The van der Waals surface area contributed by atoms with Crippen LogP contribution < -0.4 is 5.32 Å². The van der Waals surface area contributed by atoms with Crippen molar-refractivity contribution >= 4 is 11.9 Å². The maximum absolute atomic E-state index is 12.5. The Kier molecular flexibility index (Phi) is 60.9. The topological polar surface area (TPSA) is 95.9 Å². The minimum absolute atomic E-state index is 0.0168. The lowest BCUT2D eigenvalue weighted by Gasteiger charge is -2.22. The largest absolute Gasteiger partial charge is 0.466 e. The highest BCUT2D eigenvalue weighted by atomic mass is 16.5. The number of aliphatic hydroxyl groups is 2. The molecule has 0 radical (unpaired) electrons. The molecule has 0 aromatic heterocycles. The highest BCUT2D eigenvalue weighted by molar-refractivity contribution is 5.76. The summed E-state index contributed by atoms with van der Waals surface area (Å²) in [4.78, 5) is 24.5. The minimum Gasteiger partial charge on any atom is -0.466 e. The summed E-state index contributed by atoms with van der Waals surface area (Å²) in [5.74, 6) is -0.0144. The van der Waals surface area contributed by atoms with Gasteiger partial charge in [0.2, 0.25) is 5.91 Å². The van der Waals surface area contributed by atoms with Crippen LogP contribution in [-0.4, -0.2) is 47.4 Å². The second-order valence-electron chi connectivity index (χ2n) is 22.8. The van der Waals surface area contributed by atoms with Gasteiger partial charge in [-0.3, -0.25) is 9.59 Å². The number of unbranched alkanes of at least 4 members (excludes halogenated alkanes) is 49. The first-order chi connectivity index (χ1) is 35.5. The number of allylic oxidation sites excluding steroid dienone is 2. The standard InChI is InChI=1S/C66H129NO5/c1-3-5-7-9-11-13-15-16-32-35-39-42-46-50-54-58-64(69)63(62-68)67-65(70)59-55-51-47-43-40-36-33-30-28-26-24-22-20-18-17-19-21-23-25-27-29-31-34-37-41-45-49-53-57-61-72-66(71)60-56-52-48-44-38-14-12-10-8-6-4-2/h17,19,63-64,68-69H,3-16,18,20-62H2,1-2H3,(H,67,70)/b19-17-. The van der Waals surface area contributed by atoms with E-state index < -0.39 is 12.1 Å². The molecule has 0 aliphatic heterocycles. The molecule has 0 fully saturated rings. The van der Waals surface area contributed by atoms with Crippen molar-refractivity contribution in [2.45, 2.75) is 386 Å². The fourth-order valence-electron chi connectivity index (χ4n) is 10.5. The number of hydrogen-bond acceptors (Lipinski definition) is 5. The average Bonchev–Trinajstić information content (AvgIpc) is 3.38. The number of aliphatic hydroxyl groups excluding tert-OH is 2. The van der Waals surface area contributed by atoms with Crippen LogP contribution in [0.4, 0.5) is 0 Å². The Labute approximate surface area is 450 Å². The molecule has 6 heteroatoms. The van der Waals surface area contributed by atoms with Crippen molar-refractivity contribution in [2.24, 2.45) is 0 Å². The summed E-state index contributed by atoms with van der Waals surface area (Å²) < 4.78 is 5.47. The van der Waals surface area contributed by atoms with E-state index in [0.717, 1.165) is 38.5 Å². The quantitative estimate of drug-likeness (QED) is 0.0320. The van der Waals surface area contributed by atoms with E-state index in [1.165, 1.54) is 302 Å². The molecule has 0 aliphatic rings. The van der Waals surface area contributed by atoms with E-state index in [2.05, 4.69) is 31.3 Å². The normalized spacial score (nSPS) is 12.6. The zero-order chi connectivity index (χ0) is 52.2. The fourth-order valence-corrected chi connectivity index (χ4v) is 10.5. The van der Waals surface area contributed by atoms with E-state index in [0.29, 0.717) is 25.9 Å². The summed E-state index contributed by atoms with van der Waals surface area (Å²) in [7, 11) is 0. The van der Waals surface area contributed by atoms with Gasteiger partial charge in [0.1, 0.15) is 0 Å². The molecule has 2 unspecified atom stereocenters. The van der Waals surface area contributed by atoms with Crippen LogP contribution in [0.5, 0.6) is 0 Å². The number of amides is 1. The van der Waals surface area contributed by atoms with Gasteiger partial charge in [-0.05, 0) is 51.4 Å². The van der Waals surface area contributed by atoms with Crippen molar-refractivity contribution in [3.05, 3.63) is 12.2 Å². The smallest absolute Gasteiger partial charge is 0.305 e. The molecule has 0 aromatic rings. The molecule has 0 saturated heterocycles. The van der Waals surface area contributed by atoms with E-state index in [1.807, 2.05) is 0 Å². The molecule has 0 aromatic carbocycles. The summed E-state index contributed by atoms with van der Waals surface area (Å²) >= 11 is 0. The molecule has 0 heterocycles. The van der Waals surface area contributed by atoms with Crippen molar-refractivity contribution in [1.29, 1.82) is 0 Å². The van der Waals surface area contributed by atoms with Gasteiger partial charge in [0.05, 0.1) is 25.4 Å². The molecule has 0 rings (SSSR count). The van der Waals surface area contributed by atoms with Crippen LogP contribution in [0.25, 0.3) is 0 Å². The molecule has 2 atom stereocenters. The third-order valence-corrected chi connectivity index (χ3v) is 15.6. The monoisotopic (exact) mass is 1020 g/mol. The molecule has 0 bridgehead atoms. The van der Waals surface area contributed by atoms with Gasteiger partial charge in [-0.15, -0.1) is 0 Å². The van der Waals surface area contributed by atoms with E-state index in [1.54, 1.807) is 0 Å². The Morgan fingerprint density at radius 3 is 0.986 bits per heavy atom. The average molecular weight is 1020 g/mol. The first kappa shape index (κ1) is 70.6. The van der Waals surface area contributed by atoms with E-state index in [-0.39, 0.29) is 18.5 Å². The van der Waals surface area contributed by atoms with Crippen molar-refractivity contribution in [1.82, 2.24) is 5.32 Å². The summed E-state index contributed by atoms with van der Waals surface area (Å²) in [6.07, 6.45) is 75.3. The van der Waals surface area contributed by atoms with Crippen molar-refractivity contribution in [2.75, 3.05) is 13.2 Å². The predicted octanol–water partition coefficient (Wildman–Crippen LogP) is 20.8. The molecule has 428 valence electrons. The molecule has 1 amide bonds. The Morgan fingerprint density at radius 1 is 0.375 bits per heavy atom. The van der Waals surface area contributed by atoms with E-state index in [4.69, 9.17) is 4.74 Å². The minimum atomic E-state index is -0.662. The lowest BCUT2D eigenvalue weighted by Crippen LogP contribution is -2.45. The number of rotatable bonds is 62. The van der Waals surface area contributed by atoms with Crippen molar-refractivity contribution < 1.29 is 24.5 Å². The van der Waals surface area contributed by atoms with Crippen LogP contribution in [0.3, 0.4) is 0 Å². The van der Waals surface area contributed by atoms with Crippen LogP contribution in [-0.2, 0) is 14.3 Å². The van der Waals surface area contributed by atoms with Gasteiger partial charge in [-0.25, -0.2) is 0 Å². The lowest BCUT2D eigenvalue weighted by atomic mass is 10.0. The number of ether oxygens (including phenoxy) is 1. The van der Waals surface area contributed by atoms with Crippen LogP contribution >= 0.6 is 0 Å². The van der Waals surface area contributed by atoms with Gasteiger partial charge in [0, 0.05) is 12.8 Å². The highest BCUT2D eigenvalue weighted by Gasteiger charge is 2.20. The predicted molar refractivity (Wildman–Crippen MR) is 315 cm³/mol. The molecule has 3 N–H and O–H groups in total. The number of hydrogen-bond donors (Lipinski definition) is 3. The molecular weight excluding hydrogens is 887 g/mol. The lowest BCUT2D eigenvalue weighted by molar-refractivity contribution is -0.143. The number of carbonyl (C=O) groups excluding carboxylic acids is 2. The van der Waals surface area contributed by atoms with Gasteiger partial charge in [-0.1, -0.05) is 321 Å². The maximum Gasteiger partial charge on any atom is 0.305 e. The fraction of sp³-hybridized carbons (Fsp3) is 0.939. The Hall–Kier alpha value is -1.40. The molecule has 6 nitrogen and oxygen atoms in total. The summed E-state index contributed by atoms with van der Waals surface area (Å²) in [5, 5.41) is 23.3. The molecule has 0 aliphatic carbocycles. The molecule has 0 spiro atoms. The van der Waals surface area contributed by atoms with Gasteiger partial charge in [0.15, 0.2) is 0 Å². The van der Waals surface area contributed by atoms with Crippen molar-refractivity contribution in [3.63, 3.8) is 0 Å². The first-order valence-corrected chi connectivity index (χ1v) is 32.9. The van der Waals surface area contributed by atoms with Crippen LogP contribution in [0, 0.1) is 0 Å². The van der Waals surface area contributed by atoms with Crippen molar-refractivity contribution in [3.8, 4) is 0 Å². The maximum atomic E-state index is 12.5. The van der Waals surface area contributed by atoms with E-state index >= 15 is 0 Å². The summed E-state index contributed by atoms with van der Waals surface area (Å²) in [6.45, 7) is 4.98. The molecule has 72 heavy (non-hydrogen) atoms. The molecule has 0 saturated carbocycles. The number of nitrogens with one attached hydrogen (secondary N) is 1. The number of esters is 1. The third-order valence-electron chi connectivity index (χ3n) is 15.6.